The van der Waals surface area contributed by atoms with Crippen molar-refractivity contribution >= 4 is 5.82 Å². The first-order valence-electron chi connectivity index (χ1n) is 7.15. The fraction of sp³-hybridized carbons (Fsp3) is 0.714. The van der Waals surface area contributed by atoms with Crippen LogP contribution in [-0.4, -0.2) is 53.7 Å². The maximum absolute atomic E-state index is 5.28. The van der Waals surface area contributed by atoms with Crippen molar-refractivity contribution in [1.82, 2.24) is 14.9 Å². The van der Waals surface area contributed by atoms with Crippen LogP contribution in [0.15, 0.2) is 12.4 Å². The lowest BCUT2D eigenvalue weighted by atomic mass is 9.97. The van der Waals surface area contributed by atoms with Gasteiger partial charge in [0.1, 0.15) is 0 Å². The second kappa shape index (κ2) is 5.33. The third-order valence-electron chi connectivity index (χ3n) is 4.33. The number of hydrogen-bond donors (Lipinski definition) is 0. The van der Waals surface area contributed by atoms with Gasteiger partial charge in [0, 0.05) is 37.6 Å². The lowest BCUT2D eigenvalue weighted by Gasteiger charge is -2.49. The number of hydrogen-bond acceptors (Lipinski definition) is 5. The third-order valence-corrected chi connectivity index (χ3v) is 4.33. The van der Waals surface area contributed by atoms with Crippen molar-refractivity contribution in [2.45, 2.75) is 38.3 Å². The highest BCUT2D eigenvalue weighted by Gasteiger charge is 2.36. The molecule has 1 aromatic rings. The monoisotopic (exact) mass is 262 g/mol. The molecular formula is C14H22N4O. The summed E-state index contributed by atoms with van der Waals surface area (Å²) in [4.78, 5) is 13.5. The largest absolute Gasteiger partial charge is 0.478 e. The highest BCUT2D eigenvalue weighted by atomic mass is 16.5. The molecule has 2 saturated heterocycles. The Morgan fingerprint density at radius 3 is 2.74 bits per heavy atom. The van der Waals surface area contributed by atoms with Crippen molar-refractivity contribution in [2.75, 3.05) is 31.6 Å². The van der Waals surface area contributed by atoms with Crippen LogP contribution in [0.4, 0.5) is 5.82 Å². The van der Waals surface area contributed by atoms with Gasteiger partial charge in [-0.25, -0.2) is 9.97 Å². The molecule has 1 atom stereocenters. The number of aromatic nitrogens is 2. The van der Waals surface area contributed by atoms with Gasteiger partial charge in [0.05, 0.1) is 7.11 Å². The lowest BCUT2D eigenvalue weighted by molar-refractivity contribution is 0.0870. The molecule has 0 N–H and O–H groups in total. The van der Waals surface area contributed by atoms with Crippen LogP contribution in [0, 0.1) is 0 Å². The van der Waals surface area contributed by atoms with Crippen molar-refractivity contribution < 1.29 is 4.74 Å². The molecule has 3 heterocycles. The summed E-state index contributed by atoms with van der Waals surface area (Å²) in [5, 5.41) is 0. The van der Waals surface area contributed by atoms with Crippen molar-refractivity contribution in [1.29, 1.82) is 0 Å². The number of anilines is 1. The van der Waals surface area contributed by atoms with E-state index in [-0.39, 0.29) is 0 Å². The van der Waals surface area contributed by atoms with Gasteiger partial charge in [-0.2, -0.15) is 0 Å². The summed E-state index contributed by atoms with van der Waals surface area (Å²) in [7, 11) is 1.65. The predicted octanol–water partition coefficient (Wildman–Crippen LogP) is 1.55. The van der Waals surface area contributed by atoms with E-state index in [4.69, 9.17) is 4.74 Å². The molecule has 0 spiro atoms. The Morgan fingerprint density at radius 1 is 1.21 bits per heavy atom. The van der Waals surface area contributed by atoms with Crippen LogP contribution in [0.1, 0.15) is 26.2 Å². The minimum Gasteiger partial charge on any atom is -0.478 e. The van der Waals surface area contributed by atoms with Crippen LogP contribution in [-0.2, 0) is 0 Å². The maximum Gasteiger partial charge on any atom is 0.257 e. The third kappa shape index (κ3) is 2.39. The van der Waals surface area contributed by atoms with Crippen molar-refractivity contribution in [2.24, 2.45) is 0 Å². The molecule has 2 aliphatic rings. The average Bonchev–Trinajstić information content (AvgIpc) is 2.40. The molecule has 0 aliphatic carbocycles. The standard InChI is InChI=1S/C14H22N4O/c1-11-5-3-4-8-18(11)12-9-17(10-12)13-14(19-2)16-7-6-15-13/h6-7,11-12H,3-5,8-10H2,1-2H3/t11-/m0/s1. The summed E-state index contributed by atoms with van der Waals surface area (Å²) < 4.78 is 5.28. The fourth-order valence-electron chi connectivity index (χ4n) is 3.18. The van der Waals surface area contributed by atoms with E-state index in [1.807, 2.05) is 0 Å². The predicted molar refractivity (Wildman–Crippen MR) is 74.6 cm³/mol. The molecule has 1 aromatic heterocycles. The molecule has 5 heteroatoms. The van der Waals surface area contributed by atoms with E-state index < -0.39 is 0 Å². The second-order valence-corrected chi connectivity index (χ2v) is 5.53. The van der Waals surface area contributed by atoms with Crippen molar-refractivity contribution in [3.05, 3.63) is 12.4 Å². The van der Waals surface area contributed by atoms with Crippen molar-refractivity contribution in [3.8, 4) is 5.88 Å². The molecule has 0 saturated carbocycles. The Labute approximate surface area is 114 Å². The van der Waals surface area contributed by atoms with E-state index in [0.29, 0.717) is 11.9 Å². The Kier molecular flexibility index (Phi) is 3.55. The number of ether oxygens (including phenoxy) is 1. The van der Waals surface area contributed by atoms with E-state index >= 15 is 0 Å². The summed E-state index contributed by atoms with van der Waals surface area (Å²) >= 11 is 0. The number of likely N-dealkylation sites (tertiary alicyclic amines) is 1. The van der Waals surface area contributed by atoms with Crippen LogP contribution in [0.25, 0.3) is 0 Å². The molecule has 0 amide bonds. The van der Waals surface area contributed by atoms with E-state index in [9.17, 15) is 0 Å². The molecule has 2 fully saturated rings. The Balaban J connectivity index is 1.63. The van der Waals surface area contributed by atoms with Gasteiger partial charge < -0.3 is 9.64 Å². The SMILES string of the molecule is COc1nccnc1N1CC(N2CCCC[C@@H]2C)C1. The van der Waals surface area contributed by atoms with Crippen LogP contribution >= 0.6 is 0 Å². The van der Waals surface area contributed by atoms with Gasteiger partial charge in [-0.3, -0.25) is 4.90 Å². The van der Waals surface area contributed by atoms with Gasteiger partial charge in [0.25, 0.3) is 5.88 Å². The van der Waals surface area contributed by atoms with Gasteiger partial charge in [0.15, 0.2) is 5.82 Å². The second-order valence-electron chi connectivity index (χ2n) is 5.53. The topological polar surface area (TPSA) is 41.5 Å². The summed E-state index contributed by atoms with van der Waals surface area (Å²) in [6, 6.07) is 1.40. The van der Waals surface area contributed by atoms with Gasteiger partial charge in [-0.15, -0.1) is 0 Å². The minimum atomic E-state index is 0.632. The summed E-state index contributed by atoms with van der Waals surface area (Å²) in [6.07, 6.45) is 7.47. The van der Waals surface area contributed by atoms with Gasteiger partial charge in [-0.1, -0.05) is 6.42 Å². The van der Waals surface area contributed by atoms with E-state index in [1.54, 1.807) is 19.5 Å². The highest BCUT2D eigenvalue weighted by Crippen LogP contribution is 2.30. The first-order valence-corrected chi connectivity index (χ1v) is 7.15. The number of methoxy groups -OCH3 is 1. The molecular weight excluding hydrogens is 240 g/mol. The van der Waals surface area contributed by atoms with E-state index in [0.717, 1.165) is 24.9 Å². The molecule has 0 unspecified atom stereocenters. The Morgan fingerprint density at radius 2 is 2.00 bits per heavy atom. The Hall–Kier alpha value is -1.36. The Bertz CT molecular complexity index is 433. The molecule has 0 aromatic carbocycles. The highest BCUT2D eigenvalue weighted by molar-refractivity contribution is 5.50. The van der Waals surface area contributed by atoms with Gasteiger partial charge in [0.2, 0.25) is 0 Å². The van der Waals surface area contributed by atoms with Crippen LogP contribution in [0.3, 0.4) is 0 Å². The number of piperidine rings is 1. The van der Waals surface area contributed by atoms with E-state index in [1.165, 1.54) is 25.8 Å². The summed E-state index contributed by atoms with van der Waals surface area (Å²) in [6.45, 7) is 5.68. The molecule has 2 aliphatic heterocycles. The number of rotatable bonds is 3. The molecule has 0 bridgehead atoms. The maximum atomic E-state index is 5.28. The zero-order chi connectivity index (χ0) is 13.2. The van der Waals surface area contributed by atoms with Crippen LogP contribution in [0.2, 0.25) is 0 Å². The summed E-state index contributed by atoms with van der Waals surface area (Å²) in [5.74, 6) is 1.51. The number of nitrogens with zero attached hydrogens (tertiary/aromatic N) is 4. The van der Waals surface area contributed by atoms with E-state index in [2.05, 4.69) is 26.7 Å². The van der Waals surface area contributed by atoms with Crippen LogP contribution < -0.4 is 9.64 Å². The molecule has 5 nitrogen and oxygen atoms in total. The van der Waals surface area contributed by atoms with Crippen LogP contribution in [0.5, 0.6) is 5.88 Å². The quantitative estimate of drug-likeness (QED) is 0.826. The zero-order valence-electron chi connectivity index (χ0n) is 11.7. The first-order chi connectivity index (χ1) is 9.29. The van der Waals surface area contributed by atoms with Gasteiger partial charge in [-0.05, 0) is 26.3 Å². The smallest absolute Gasteiger partial charge is 0.257 e. The summed E-state index contributed by atoms with van der Waals surface area (Å²) in [5.41, 5.74) is 0. The van der Waals surface area contributed by atoms with Gasteiger partial charge >= 0.3 is 0 Å². The van der Waals surface area contributed by atoms with Crippen molar-refractivity contribution in [3.63, 3.8) is 0 Å². The average molecular weight is 262 g/mol. The zero-order valence-corrected chi connectivity index (χ0v) is 11.7. The molecule has 19 heavy (non-hydrogen) atoms. The fourth-order valence-corrected chi connectivity index (χ4v) is 3.18. The molecule has 0 radical (unpaired) electrons. The molecule has 3 rings (SSSR count). The minimum absolute atomic E-state index is 0.632. The molecule has 104 valence electrons. The normalized spacial score (nSPS) is 25.2. The first kappa shape index (κ1) is 12.7. The lowest BCUT2D eigenvalue weighted by Crippen LogP contribution is -2.62.